The Morgan fingerprint density at radius 3 is 2.86 bits per heavy atom. The highest BCUT2D eigenvalue weighted by atomic mass is 16.3. The summed E-state index contributed by atoms with van der Waals surface area (Å²) in [6, 6.07) is 8.64. The van der Waals surface area contributed by atoms with Gasteiger partial charge >= 0.3 is 0 Å². The maximum atomic E-state index is 10.7. The molecule has 2 aromatic rings. The Hall–Kier alpha value is -1.69. The maximum Gasteiger partial charge on any atom is 0.0956 e. The van der Waals surface area contributed by atoms with E-state index in [1.54, 1.807) is 0 Å². The van der Waals surface area contributed by atoms with Crippen molar-refractivity contribution >= 4 is 0 Å². The lowest BCUT2D eigenvalue weighted by molar-refractivity contribution is 0.0471. The van der Waals surface area contributed by atoms with Crippen LogP contribution in [0.15, 0.2) is 36.8 Å². The smallest absolute Gasteiger partial charge is 0.0956 e. The molecule has 0 spiro atoms. The zero-order chi connectivity index (χ0) is 15.1. The monoisotopic (exact) mass is 298 g/mol. The van der Waals surface area contributed by atoms with Crippen LogP contribution >= 0.6 is 0 Å². The topological polar surface area (TPSA) is 67.3 Å². The molecule has 1 aromatic heterocycles. The van der Waals surface area contributed by atoms with E-state index in [4.69, 9.17) is 5.84 Å². The van der Waals surface area contributed by atoms with Gasteiger partial charge < -0.3 is 9.67 Å². The quantitative estimate of drug-likeness (QED) is 0.848. The van der Waals surface area contributed by atoms with Gasteiger partial charge in [0.25, 0.3) is 0 Å². The van der Waals surface area contributed by atoms with Gasteiger partial charge in [-0.25, -0.2) is 9.99 Å². The number of aromatic nitrogens is 2. The molecular weight excluding hydrogens is 276 g/mol. The predicted octanol–water partition coefficient (Wildman–Crippen LogP) is 1.79. The van der Waals surface area contributed by atoms with Crippen LogP contribution in [0.1, 0.15) is 30.9 Å². The number of hydrogen-bond donors (Lipinski definition) is 2. The molecule has 2 unspecified atom stereocenters. The van der Waals surface area contributed by atoms with E-state index in [1.807, 2.05) is 17.5 Å². The Balaban J connectivity index is 1.56. The summed E-state index contributed by atoms with van der Waals surface area (Å²) in [4.78, 5) is 4.28. The number of hydrazine groups is 1. The van der Waals surface area contributed by atoms with Gasteiger partial charge in [-0.15, -0.1) is 0 Å². The molecule has 22 heavy (non-hydrogen) atoms. The third-order valence-corrected chi connectivity index (χ3v) is 5.18. The van der Waals surface area contributed by atoms with Gasteiger partial charge in [-0.05, 0) is 30.7 Å². The largest absolute Gasteiger partial charge is 0.393 e. The number of aliphatic hydroxyl groups excluding tert-OH is 1. The number of nitrogens with two attached hydrogens (primary N) is 1. The number of rotatable bonds is 3. The Labute approximate surface area is 130 Å². The van der Waals surface area contributed by atoms with Crippen molar-refractivity contribution in [3.05, 3.63) is 42.4 Å². The molecule has 116 valence electrons. The Morgan fingerprint density at radius 1 is 1.27 bits per heavy atom. The molecule has 4 rings (SSSR count). The van der Waals surface area contributed by atoms with Crippen molar-refractivity contribution in [2.75, 3.05) is 13.1 Å². The average molecular weight is 298 g/mol. The van der Waals surface area contributed by atoms with Gasteiger partial charge in [0.15, 0.2) is 0 Å². The number of aliphatic hydroxyl groups is 1. The molecule has 1 saturated heterocycles. The molecule has 3 N–H and O–H groups in total. The zero-order valence-corrected chi connectivity index (χ0v) is 12.6. The van der Waals surface area contributed by atoms with Gasteiger partial charge in [-0.3, -0.25) is 5.84 Å². The second kappa shape index (κ2) is 5.50. The van der Waals surface area contributed by atoms with Crippen LogP contribution in [0.3, 0.4) is 0 Å². The summed E-state index contributed by atoms with van der Waals surface area (Å²) >= 11 is 0. The lowest BCUT2D eigenvalue weighted by atomic mass is 9.87. The fourth-order valence-corrected chi connectivity index (χ4v) is 3.90. The first kappa shape index (κ1) is 13.9. The molecule has 0 aliphatic carbocycles. The van der Waals surface area contributed by atoms with Gasteiger partial charge in [0.1, 0.15) is 0 Å². The van der Waals surface area contributed by atoms with E-state index in [0.717, 1.165) is 38.0 Å². The van der Waals surface area contributed by atoms with Crippen molar-refractivity contribution in [1.82, 2.24) is 14.6 Å². The van der Waals surface area contributed by atoms with E-state index in [-0.39, 0.29) is 12.1 Å². The lowest BCUT2D eigenvalue weighted by Gasteiger charge is -2.32. The second-order valence-electron chi connectivity index (χ2n) is 6.47. The van der Waals surface area contributed by atoms with Crippen molar-refractivity contribution in [2.24, 2.45) is 11.8 Å². The van der Waals surface area contributed by atoms with Crippen LogP contribution < -0.4 is 5.84 Å². The van der Waals surface area contributed by atoms with Crippen molar-refractivity contribution < 1.29 is 5.11 Å². The molecule has 0 saturated carbocycles. The maximum absolute atomic E-state index is 10.7. The Kier molecular flexibility index (Phi) is 3.48. The standard InChI is InChI=1S/C17H22N4O/c18-20-7-5-12(6-8-20)17(22)9-15-13-3-1-2-4-14(13)16-10-19-11-21(15)16/h1-4,10-12,15,17,22H,5-9,18H2. The zero-order valence-electron chi connectivity index (χ0n) is 12.6. The van der Waals surface area contributed by atoms with Crippen molar-refractivity contribution in [1.29, 1.82) is 0 Å². The third kappa shape index (κ3) is 2.26. The van der Waals surface area contributed by atoms with Gasteiger partial charge in [0, 0.05) is 18.7 Å². The summed E-state index contributed by atoms with van der Waals surface area (Å²) in [5.74, 6) is 6.16. The second-order valence-corrected chi connectivity index (χ2v) is 6.47. The summed E-state index contributed by atoms with van der Waals surface area (Å²) < 4.78 is 2.20. The van der Waals surface area contributed by atoms with Crippen LogP contribution in [-0.4, -0.2) is 38.9 Å². The number of imidazole rings is 1. The minimum absolute atomic E-state index is 0.194. The van der Waals surface area contributed by atoms with Crippen LogP contribution in [0.5, 0.6) is 0 Å². The van der Waals surface area contributed by atoms with Gasteiger partial charge in [0.2, 0.25) is 0 Å². The van der Waals surface area contributed by atoms with Crippen LogP contribution in [0, 0.1) is 5.92 Å². The van der Waals surface area contributed by atoms with Crippen LogP contribution in [0.4, 0.5) is 0 Å². The van der Waals surface area contributed by atoms with Crippen LogP contribution in [0.2, 0.25) is 0 Å². The van der Waals surface area contributed by atoms with E-state index in [9.17, 15) is 5.11 Å². The fraction of sp³-hybridized carbons (Fsp3) is 0.471. The van der Waals surface area contributed by atoms with E-state index in [0.29, 0.717) is 5.92 Å². The third-order valence-electron chi connectivity index (χ3n) is 5.18. The molecular formula is C17H22N4O. The first-order chi connectivity index (χ1) is 10.7. The lowest BCUT2D eigenvalue weighted by Crippen LogP contribution is -2.42. The van der Waals surface area contributed by atoms with Crippen LogP contribution in [-0.2, 0) is 0 Å². The molecule has 2 atom stereocenters. The molecule has 2 aliphatic heterocycles. The molecule has 5 nitrogen and oxygen atoms in total. The van der Waals surface area contributed by atoms with E-state index >= 15 is 0 Å². The summed E-state index contributed by atoms with van der Waals surface area (Å²) in [5, 5.41) is 12.6. The Morgan fingerprint density at radius 2 is 2.05 bits per heavy atom. The molecule has 0 amide bonds. The highest BCUT2D eigenvalue weighted by Crippen LogP contribution is 2.42. The summed E-state index contributed by atoms with van der Waals surface area (Å²) in [6.45, 7) is 1.75. The first-order valence-electron chi connectivity index (χ1n) is 8.03. The van der Waals surface area contributed by atoms with Crippen molar-refractivity contribution in [3.63, 3.8) is 0 Å². The minimum atomic E-state index is -0.292. The van der Waals surface area contributed by atoms with Crippen LogP contribution in [0.25, 0.3) is 11.3 Å². The summed E-state index contributed by atoms with van der Waals surface area (Å²) in [7, 11) is 0. The van der Waals surface area contributed by atoms with E-state index < -0.39 is 0 Å². The average Bonchev–Trinajstić information content (AvgIpc) is 3.11. The molecule has 2 aliphatic rings. The SMILES string of the molecule is NN1CCC(C(O)CC2c3ccccc3-c3cncn32)CC1. The predicted molar refractivity (Wildman–Crippen MR) is 84.9 cm³/mol. The molecule has 5 heteroatoms. The molecule has 1 aromatic carbocycles. The number of fused-ring (bicyclic) bond motifs is 3. The minimum Gasteiger partial charge on any atom is -0.393 e. The van der Waals surface area contributed by atoms with E-state index in [1.165, 1.54) is 11.1 Å². The fourth-order valence-electron chi connectivity index (χ4n) is 3.90. The Bertz CT molecular complexity index is 660. The molecule has 3 heterocycles. The van der Waals surface area contributed by atoms with Gasteiger partial charge in [-0.1, -0.05) is 24.3 Å². The summed E-state index contributed by atoms with van der Waals surface area (Å²) in [6.07, 6.45) is 6.20. The molecule has 0 bridgehead atoms. The van der Waals surface area contributed by atoms with Gasteiger partial charge in [-0.2, -0.15) is 0 Å². The normalized spacial score (nSPS) is 23.3. The number of hydrogen-bond acceptors (Lipinski definition) is 4. The highest BCUT2D eigenvalue weighted by Gasteiger charge is 2.32. The van der Waals surface area contributed by atoms with Crippen molar-refractivity contribution in [3.8, 4) is 11.3 Å². The highest BCUT2D eigenvalue weighted by molar-refractivity contribution is 5.68. The number of piperidine rings is 1. The molecule has 1 fully saturated rings. The van der Waals surface area contributed by atoms with Crippen molar-refractivity contribution in [2.45, 2.75) is 31.4 Å². The number of nitrogens with zero attached hydrogens (tertiary/aromatic N) is 3. The summed E-state index contributed by atoms with van der Waals surface area (Å²) in [5.41, 5.74) is 3.70. The van der Waals surface area contributed by atoms with E-state index in [2.05, 4.69) is 33.8 Å². The molecule has 0 radical (unpaired) electrons. The van der Waals surface area contributed by atoms with Gasteiger partial charge in [0.05, 0.1) is 30.4 Å². The first-order valence-corrected chi connectivity index (χ1v) is 8.03. The number of benzene rings is 1.